The first-order chi connectivity index (χ1) is 9.69. The molecule has 0 aliphatic carbocycles. The summed E-state index contributed by atoms with van der Waals surface area (Å²) in [5, 5.41) is 9.76. The number of carbonyl (C=O) groups is 1. The van der Waals surface area contributed by atoms with Crippen LogP contribution in [-0.4, -0.2) is 25.7 Å². The third kappa shape index (κ3) is 2.14. The lowest BCUT2D eigenvalue weighted by atomic mass is 10.3. The molecule has 3 aromatic rings. The number of rotatable bonds is 3. The number of imidazole rings is 1. The van der Waals surface area contributed by atoms with Crippen LogP contribution in [0.2, 0.25) is 5.02 Å². The summed E-state index contributed by atoms with van der Waals surface area (Å²) in [5.41, 5.74) is 2.06. The molecule has 1 aromatic carbocycles. The summed E-state index contributed by atoms with van der Waals surface area (Å²) < 4.78 is 1.92. The summed E-state index contributed by atoms with van der Waals surface area (Å²) >= 11 is 5.96. The molecular formula is C13H12ClN5O. The van der Waals surface area contributed by atoms with Gasteiger partial charge in [0, 0.05) is 17.8 Å². The van der Waals surface area contributed by atoms with Crippen LogP contribution in [0.25, 0.3) is 11.0 Å². The summed E-state index contributed by atoms with van der Waals surface area (Å²) in [4.78, 5) is 16.4. The second-order valence-electron chi connectivity index (χ2n) is 4.24. The van der Waals surface area contributed by atoms with E-state index < -0.39 is 0 Å². The fourth-order valence-corrected chi connectivity index (χ4v) is 2.24. The maximum Gasteiger partial charge on any atom is 0.275 e. The average molecular weight is 290 g/mol. The topological polar surface area (TPSA) is 75.6 Å². The van der Waals surface area contributed by atoms with Gasteiger partial charge in [-0.1, -0.05) is 11.6 Å². The lowest BCUT2D eigenvalue weighted by molar-refractivity contribution is 0.102. The van der Waals surface area contributed by atoms with Gasteiger partial charge in [-0.15, -0.1) is 0 Å². The number of H-pyrrole nitrogens is 1. The molecule has 7 heteroatoms. The number of amides is 1. The largest absolute Gasteiger partial charge is 0.310 e. The van der Waals surface area contributed by atoms with Gasteiger partial charge in [0.05, 0.1) is 11.0 Å². The van der Waals surface area contributed by atoms with Gasteiger partial charge in [-0.05, 0) is 31.2 Å². The van der Waals surface area contributed by atoms with Crippen LogP contribution in [0.15, 0.2) is 30.5 Å². The van der Waals surface area contributed by atoms with Crippen molar-refractivity contribution >= 4 is 34.5 Å². The summed E-state index contributed by atoms with van der Waals surface area (Å²) in [6.45, 7) is 2.68. The first-order valence-corrected chi connectivity index (χ1v) is 6.53. The highest BCUT2D eigenvalue weighted by Gasteiger charge is 2.14. The summed E-state index contributed by atoms with van der Waals surface area (Å²) in [6, 6.07) is 7.07. The molecule has 6 nitrogen and oxygen atoms in total. The smallest absolute Gasteiger partial charge is 0.275 e. The molecule has 0 radical (unpaired) electrons. The average Bonchev–Trinajstić information content (AvgIpc) is 3.04. The Morgan fingerprint density at radius 2 is 2.30 bits per heavy atom. The van der Waals surface area contributed by atoms with Crippen molar-refractivity contribution in [2.75, 3.05) is 5.32 Å². The Hall–Kier alpha value is -2.34. The van der Waals surface area contributed by atoms with Crippen molar-refractivity contribution in [2.24, 2.45) is 0 Å². The minimum atomic E-state index is -0.279. The van der Waals surface area contributed by atoms with Gasteiger partial charge >= 0.3 is 0 Å². The number of aromatic amines is 1. The number of nitrogens with zero attached hydrogens (tertiary/aromatic N) is 3. The van der Waals surface area contributed by atoms with Crippen molar-refractivity contribution in [3.05, 3.63) is 41.2 Å². The fourth-order valence-electron chi connectivity index (χ4n) is 2.07. The number of benzene rings is 1. The Morgan fingerprint density at radius 3 is 3.00 bits per heavy atom. The van der Waals surface area contributed by atoms with E-state index in [0.717, 1.165) is 11.0 Å². The SMILES string of the molecule is CCn1c(NC(=O)c2ccn[nH]2)nc2cc(Cl)ccc21. The molecule has 1 amide bonds. The second kappa shape index (κ2) is 4.97. The van der Waals surface area contributed by atoms with Gasteiger partial charge < -0.3 is 4.57 Å². The number of anilines is 1. The molecule has 20 heavy (non-hydrogen) atoms. The van der Waals surface area contributed by atoms with E-state index in [9.17, 15) is 4.79 Å². The van der Waals surface area contributed by atoms with Gasteiger partial charge in [0.2, 0.25) is 5.95 Å². The minimum Gasteiger partial charge on any atom is -0.310 e. The molecule has 0 fully saturated rings. The number of aryl methyl sites for hydroxylation is 1. The number of hydrogen-bond donors (Lipinski definition) is 2. The van der Waals surface area contributed by atoms with Crippen LogP contribution in [0.3, 0.4) is 0 Å². The lowest BCUT2D eigenvalue weighted by Crippen LogP contribution is -2.16. The molecule has 0 spiro atoms. The van der Waals surface area contributed by atoms with Crippen LogP contribution < -0.4 is 5.32 Å². The maximum atomic E-state index is 12.0. The van der Waals surface area contributed by atoms with Gasteiger partial charge in [0.15, 0.2) is 0 Å². The van der Waals surface area contributed by atoms with Gasteiger partial charge in [0.1, 0.15) is 5.69 Å². The molecule has 2 heterocycles. The lowest BCUT2D eigenvalue weighted by Gasteiger charge is -2.06. The Morgan fingerprint density at radius 1 is 1.45 bits per heavy atom. The highest BCUT2D eigenvalue weighted by Crippen LogP contribution is 2.23. The highest BCUT2D eigenvalue weighted by molar-refractivity contribution is 6.31. The number of nitrogens with one attached hydrogen (secondary N) is 2. The van der Waals surface area contributed by atoms with E-state index in [4.69, 9.17) is 11.6 Å². The minimum absolute atomic E-state index is 0.279. The zero-order valence-corrected chi connectivity index (χ0v) is 11.5. The van der Waals surface area contributed by atoms with E-state index in [0.29, 0.717) is 23.2 Å². The van der Waals surface area contributed by atoms with Crippen molar-refractivity contribution in [3.8, 4) is 0 Å². The standard InChI is InChI=1S/C13H12ClN5O/c1-2-19-11-4-3-8(14)7-10(11)16-13(19)17-12(20)9-5-6-15-18-9/h3-7H,2H2,1H3,(H,15,18)(H,16,17,20). The second-order valence-corrected chi connectivity index (χ2v) is 4.67. The van der Waals surface area contributed by atoms with E-state index >= 15 is 0 Å². The molecule has 3 rings (SSSR count). The van der Waals surface area contributed by atoms with Crippen molar-refractivity contribution < 1.29 is 4.79 Å². The quantitative estimate of drug-likeness (QED) is 0.778. The zero-order valence-electron chi connectivity index (χ0n) is 10.7. The fraction of sp³-hybridized carbons (Fsp3) is 0.154. The van der Waals surface area contributed by atoms with Crippen molar-refractivity contribution in [1.29, 1.82) is 0 Å². The molecule has 0 saturated carbocycles. The molecule has 0 aliphatic heterocycles. The normalized spacial score (nSPS) is 10.9. The Bertz CT molecular complexity index is 763. The number of halogens is 1. The van der Waals surface area contributed by atoms with Crippen LogP contribution in [0.1, 0.15) is 17.4 Å². The van der Waals surface area contributed by atoms with Gasteiger partial charge in [-0.2, -0.15) is 5.10 Å². The summed E-state index contributed by atoms with van der Waals surface area (Å²) in [7, 11) is 0. The molecule has 2 N–H and O–H groups in total. The molecule has 0 saturated heterocycles. The predicted octanol–water partition coefficient (Wildman–Crippen LogP) is 2.69. The molecule has 2 aromatic heterocycles. The summed E-state index contributed by atoms with van der Waals surface area (Å²) in [6.07, 6.45) is 1.53. The Balaban J connectivity index is 2.00. The molecule has 0 unspecified atom stereocenters. The van der Waals surface area contributed by atoms with Gasteiger partial charge in [-0.25, -0.2) is 4.98 Å². The predicted molar refractivity (Wildman–Crippen MR) is 77.0 cm³/mol. The van der Waals surface area contributed by atoms with Gasteiger partial charge in [-0.3, -0.25) is 15.2 Å². The first kappa shape index (κ1) is 12.7. The number of hydrogen-bond acceptors (Lipinski definition) is 3. The van der Waals surface area contributed by atoms with E-state index in [1.807, 2.05) is 17.6 Å². The zero-order chi connectivity index (χ0) is 14.1. The molecule has 102 valence electrons. The third-order valence-electron chi connectivity index (χ3n) is 3.00. The number of fused-ring (bicyclic) bond motifs is 1. The van der Waals surface area contributed by atoms with Crippen molar-refractivity contribution in [3.63, 3.8) is 0 Å². The number of carbonyl (C=O) groups excluding carboxylic acids is 1. The molecule has 0 bridgehead atoms. The van der Waals surface area contributed by atoms with Crippen LogP contribution >= 0.6 is 11.6 Å². The third-order valence-corrected chi connectivity index (χ3v) is 3.23. The van der Waals surface area contributed by atoms with Gasteiger partial charge in [0.25, 0.3) is 5.91 Å². The van der Waals surface area contributed by atoms with Crippen LogP contribution in [0.5, 0.6) is 0 Å². The summed E-state index contributed by atoms with van der Waals surface area (Å²) in [5.74, 6) is 0.211. The van der Waals surface area contributed by atoms with E-state index in [1.54, 1.807) is 18.2 Å². The van der Waals surface area contributed by atoms with E-state index in [1.165, 1.54) is 6.20 Å². The van der Waals surface area contributed by atoms with Crippen molar-refractivity contribution in [2.45, 2.75) is 13.5 Å². The highest BCUT2D eigenvalue weighted by atomic mass is 35.5. The first-order valence-electron chi connectivity index (χ1n) is 6.15. The van der Waals surface area contributed by atoms with E-state index in [2.05, 4.69) is 20.5 Å². The molecular weight excluding hydrogens is 278 g/mol. The Labute approximate surface area is 119 Å². The van der Waals surface area contributed by atoms with Crippen LogP contribution in [-0.2, 0) is 6.54 Å². The molecule has 0 atom stereocenters. The monoisotopic (exact) mass is 289 g/mol. The van der Waals surface area contributed by atoms with Crippen LogP contribution in [0, 0.1) is 0 Å². The molecule has 0 aliphatic rings. The Kier molecular flexibility index (Phi) is 3.15. The maximum absolute atomic E-state index is 12.0. The number of aromatic nitrogens is 4. The van der Waals surface area contributed by atoms with E-state index in [-0.39, 0.29) is 5.91 Å². The van der Waals surface area contributed by atoms with Crippen LogP contribution in [0.4, 0.5) is 5.95 Å². The van der Waals surface area contributed by atoms with Crippen molar-refractivity contribution in [1.82, 2.24) is 19.7 Å².